The number of carbonyl (C=O) groups is 2. The summed E-state index contributed by atoms with van der Waals surface area (Å²) in [4.78, 5) is 23.2. The first kappa shape index (κ1) is 28.0. The number of benzene rings is 2. The number of esters is 1. The first-order valence-electron chi connectivity index (χ1n) is 12.9. The van der Waals surface area contributed by atoms with E-state index in [0.29, 0.717) is 17.9 Å². The molecule has 1 atom stereocenters. The predicted molar refractivity (Wildman–Crippen MR) is 145 cm³/mol. The summed E-state index contributed by atoms with van der Waals surface area (Å²) in [5, 5.41) is 0. The third kappa shape index (κ3) is 8.81. The number of hydrogen-bond donors (Lipinski definition) is 1. The Kier molecular flexibility index (Phi) is 9.95. The summed E-state index contributed by atoms with van der Waals surface area (Å²) in [5.74, 6) is 0.806. The van der Waals surface area contributed by atoms with Crippen LogP contribution in [-0.2, 0) is 27.4 Å². The van der Waals surface area contributed by atoms with Gasteiger partial charge in [0, 0.05) is 5.57 Å². The summed E-state index contributed by atoms with van der Waals surface area (Å²) >= 11 is 0. The molecule has 3 rings (SSSR count). The van der Waals surface area contributed by atoms with E-state index in [1.165, 1.54) is 5.57 Å². The fourth-order valence-corrected chi connectivity index (χ4v) is 4.42. The van der Waals surface area contributed by atoms with Crippen molar-refractivity contribution in [3.8, 4) is 11.5 Å². The molecule has 0 unspecified atom stereocenters. The van der Waals surface area contributed by atoms with E-state index in [2.05, 4.69) is 19.9 Å². The molecule has 198 valence electrons. The quantitative estimate of drug-likeness (QED) is 0.213. The average molecular weight is 506 g/mol. The highest BCUT2D eigenvalue weighted by Crippen LogP contribution is 2.40. The van der Waals surface area contributed by atoms with Crippen molar-refractivity contribution >= 4 is 11.9 Å². The van der Waals surface area contributed by atoms with Crippen LogP contribution in [0.25, 0.3) is 0 Å². The van der Waals surface area contributed by atoms with E-state index < -0.39 is 5.91 Å². The van der Waals surface area contributed by atoms with Crippen LogP contribution in [0.5, 0.6) is 11.5 Å². The van der Waals surface area contributed by atoms with Gasteiger partial charge in [0.15, 0.2) is 6.61 Å². The van der Waals surface area contributed by atoms with Crippen molar-refractivity contribution in [2.75, 3.05) is 6.61 Å². The topological polar surface area (TPSA) is 87.9 Å². The molecule has 37 heavy (non-hydrogen) atoms. The Bertz CT molecular complexity index is 1150. The number of fused-ring (bicyclic) bond motifs is 1. The largest absolute Gasteiger partial charge is 0.487 e. The van der Waals surface area contributed by atoms with Gasteiger partial charge in [0.05, 0.1) is 0 Å². The second kappa shape index (κ2) is 13.1. The Morgan fingerprint density at radius 1 is 1.11 bits per heavy atom. The molecule has 0 radical (unpaired) electrons. The first-order valence-corrected chi connectivity index (χ1v) is 12.9. The highest BCUT2D eigenvalue weighted by molar-refractivity contribution is 5.87. The maximum absolute atomic E-state index is 12.2. The van der Waals surface area contributed by atoms with E-state index in [9.17, 15) is 9.59 Å². The Balaban J connectivity index is 1.44. The lowest BCUT2D eigenvalue weighted by atomic mass is 9.87. The van der Waals surface area contributed by atoms with Gasteiger partial charge in [-0.3, -0.25) is 4.79 Å². The lowest BCUT2D eigenvalue weighted by Crippen LogP contribution is -2.36. The molecule has 0 saturated carbocycles. The minimum absolute atomic E-state index is 0.129. The van der Waals surface area contributed by atoms with Gasteiger partial charge in [0.25, 0.3) is 5.91 Å². The number of amides is 1. The summed E-state index contributed by atoms with van der Waals surface area (Å²) in [5.41, 5.74) is 9.98. The van der Waals surface area contributed by atoms with Gasteiger partial charge in [-0.25, -0.2) is 4.79 Å². The van der Waals surface area contributed by atoms with E-state index in [0.717, 1.165) is 61.0 Å². The first-order chi connectivity index (χ1) is 17.6. The number of primary amides is 1. The molecule has 0 spiro atoms. The second-order valence-electron chi connectivity index (χ2n) is 10.1. The molecule has 2 N–H and O–H groups in total. The summed E-state index contributed by atoms with van der Waals surface area (Å²) in [6, 6.07) is 13.5. The summed E-state index contributed by atoms with van der Waals surface area (Å²) < 4.78 is 17.3. The van der Waals surface area contributed by atoms with Gasteiger partial charge in [0.1, 0.15) is 23.7 Å². The number of aryl methyl sites for hydroxylation is 2. The summed E-state index contributed by atoms with van der Waals surface area (Å²) in [6.45, 7) is 8.27. The number of rotatable bonds is 12. The highest BCUT2D eigenvalue weighted by atomic mass is 16.5. The molecule has 1 amide bonds. The minimum atomic E-state index is -0.491. The van der Waals surface area contributed by atoms with Gasteiger partial charge < -0.3 is 19.9 Å². The van der Waals surface area contributed by atoms with Crippen molar-refractivity contribution in [2.24, 2.45) is 5.73 Å². The van der Waals surface area contributed by atoms with Crippen LogP contribution >= 0.6 is 0 Å². The zero-order valence-corrected chi connectivity index (χ0v) is 22.5. The monoisotopic (exact) mass is 505 g/mol. The summed E-state index contributed by atoms with van der Waals surface area (Å²) in [6.07, 6.45) is 9.59. The minimum Gasteiger partial charge on any atom is -0.487 e. The van der Waals surface area contributed by atoms with E-state index in [1.54, 1.807) is 6.92 Å². The van der Waals surface area contributed by atoms with Crippen LogP contribution in [-0.4, -0.2) is 24.1 Å². The van der Waals surface area contributed by atoms with E-state index in [1.807, 2.05) is 55.5 Å². The van der Waals surface area contributed by atoms with Crippen molar-refractivity contribution < 1.29 is 23.8 Å². The molecule has 0 fully saturated rings. The molecule has 2 aromatic rings. The Labute approximate surface area is 220 Å². The van der Waals surface area contributed by atoms with Crippen LogP contribution in [0.1, 0.15) is 69.6 Å². The van der Waals surface area contributed by atoms with Crippen molar-refractivity contribution in [3.05, 3.63) is 82.5 Å². The lowest BCUT2D eigenvalue weighted by molar-refractivity contribution is -0.140. The molecular formula is C31H39NO5. The highest BCUT2D eigenvalue weighted by Gasteiger charge is 2.32. The Morgan fingerprint density at radius 3 is 2.59 bits per heavy atom. The van der Waals surface area contributed by atoms with Crippen LogP contribution in [0.4, 0.5) is 0 Å². The SMILES string of the molecule is C/C(=C\CC[C@]1(C)CCc2cc(OCC(N)=O)cc(C)c2O1)CC/C=C(\C)C(=O)OCc1ccccc1. The number of ether oxygens (including phenoxy) is 3. The molecule has 2 aromatic carbocycles. The zero-order chi connectivity index (χ0) is 26.8. The van der Waals surface area contributed by atoms with Gasteiger partial charge in [-0.15, -0.1) is 0 Å². The molecule has 0 saturated heterocycles. The molecule has 1 aliphatic rings. The van der Waals surface area contributed by atoms with Crippen LogP contribution in [0.3, 0.4) is 0 Å². The van der Waals surface area contributed by atoms with E-state index in [-0.39, 0.29) is 18.2 Å². The number of nitrogens with two attached hydrogens (primary N) is 1. The molecule has 6 heteroatoms. The lowest BCUT2D eigenvalue weighted by Gasteiger charge is -2.37. The van der Waals surface area contributed by atoms with Gasteiger partial charge in [-0.1, -0.05) is 48.1 Å². The van der Waals surface area contributed by atoms with Crippen LogP contribution in [0.15, 0.2) is 65.8 Å². The van der Waals surface area contributed by atoms with Crippen molar-refractivity contribution in [2.45, 2.75) is 78.4 Å². The van der Waals surface area contributed by atoms with Crippen LogP contribution in [0, 0.1) is 6.92 Å². The third-order valence-corrected chi connectivity index (χ3v) is 6.67. The number of carbonyl (C=O) groups excluding carboxylic acids is 2. The van der Waals surface area contributed by atoms with Gasteiger partial charge in [-0.2, -0.15) is 0 Å². The molecule has 0 aromatic heterocycles. The van der Waals surface area contributed by atoms with Crippen molar-refractivity contribution in [3.63, 3.8) is 0 Å². The molecule has 1 aliphatic heterocycles. The second-order valence-corrected chi connectivity index (χ2v) is 10.1. The van der Waals surface area contributed by atoms with Gasteiger partial charge in [0.2, 0.25) is 0 Å². The third-order valence-electron chi connectivity index (χ3n) is 6.67. The fraction of sp³-hybridized carbons (Fsp3) is 0.419. The molecule has 0 aliphatic carbocycles. The Hall–Kier alpha value is -3.54. The number of allylic oxidation sites excluding steroid dienone is 3. The smallest absolute Gasteiger partial charge is 0.333 e. The normalized spacial score (nSPS) is 17.5. The fourth-order valence-electron chi connectivity index (χ4n) is 4.42. The van der Waals surface area contributed by atoms with Crippen molar-refractivity contribution in [1.82, 2.24) is 0 Å². The molecular weight excluding hydrogens is 466 g/mol. The Morgan fingerprint density at radius 2 is 1.86 bits per heavy atom. The predicted octanol–water partition coefficient (Wildman–Crippen LogP) is 6.14. The molecule has 1 heterocycles. The van der Waals surface area contributed by atoms with Crippen LogP contribution in [0.2, 0.25) is 0 Å². The standard InChI is InChI=1S/C31H39NO5/c1-22(10-8-12-23(2)30(34)36-20-25-13-6-5-7-14-25)11-9-16-31(4)17-15-26-19-27(35-21-28(32)33)18-24(3)29(26)37-31/h5-7,11-14,18-19H,8-10,15-17,20-21H2,1-4H3,(H2,32,33)/b22-11+,23-12+/t31-/m1/s1. The summed E-state index contributed by atoms with van der Waals surface area (Å²) in [7, 11) is 0. The molecule has 6 nitrogen and oxygen atoms in total. The van der Waals surface area contributed by atoms with Crippen LogP contribution < -0.4 is 15.2 Å². The zero-order valence-electron chi connectivity index (χ0n) is 22.5. The van der Waals surface area contributed by atoms with Gasteiger partial charge >= 0.3 is 5.97 Å². The van der Waals surface area contributed by atoms with Crippen molar-refractivity contribution in [1.29, 1.82) is 0 Å². The average Bonchev–Trinajstić information content (AvgIpc) is 2.87. The number of hydrogen-bond acceptors (Lipinski definition) is 5. The van der Waals surface area contributed by atoms with E-state index in [4.69, 9.17) is 19.9 Å². The maximum atomic E-state index is 12.2. The van der Waals surface area contributed by atoms with Gasteiger partial charge in [-0.05, 0) is 95.0 Å². The molecule has 0 bridgehead atoms. The maximum Gasteiger partial charge on any atom is 0.333 e. The van der Waals surface area contributed by atoms with E-state index >= 15 is 0 Å².